The van der Waals surface area contributed by atoms with Gasteiger partial charge < -0.3 is 4.57 Å². The Morgan fingerprint density at radius 1 is 0.389 bits per heavy atom. The molecule has 3 heterocycles. The highest BCUT2D eigenvalue weighted by Gasteiger charge is 2.30. The van der Waals surface area contributed by atoms with Crippen LogP contribution in [0.2, 0.25) is 0 Å². The summed E-state index contributed by atoms with van der Waals surface area (Å²) in [6, 6.07) is 60.5. The van der Waals surface area contributed by atoms with Crippen molar-refractivity contribution in [1.82, 2.24) is 19.5 Å². The Morgan fingerprint density at radius 2 is 1.04 bits per heavy atom. The van der Waals surface area contributed by atoms with Gasteiger partial charge in [0.15, 0.2) is 17.5 Å². The normalized spacial score (nSPS) is 12.1. The Morgan fingerprint density at radius 3 is 1.89 bits per heavy atom. The van der Waals surface area contributed by atoms with Gasteiger partial charge in [0.05, 0.1) is 11.0 Å². The number of thiophene rings is 1. The number of rotatable bonds is 4. The Labute approximate surface area is 314 Å². The van der Waals surface area contributed by atoms with Crippen LogP contribution in [0.25, 0.3) is 115 Å². The number of hydrogen-bond acceptors (Lipinski definition) is 4. The van der Waals surface area contributed by atoms with Crippen molar-refractivity contribution < 1.29 is 0 Å². The maximum atomic E-state index is 5.55. The third-order valence-electron chi connectivity index (χ3n) is 11.0. The molecule has 1 aliphatic carbocycles. The highest BCUT2D eigenvalue weighted by molar-refractivity contribution is 7.26. The topological polar surface area (TPSA) is 43.6 Å². The highest BCUT2D eigenvalue weighted by atomic mass is 32.1. The first kappa shape index (κ1) is 29.6. The van der Waals surface area contributed by atoms with Gasteiger partial charge in [-0.3, -0.25) is 0 Å². The number of nitrogens with zero attached hydrogens (tertiary/aromatic N) is 4. The fourth-order valence-corrected chi connectivity index (χ4v) is 9.92. The van der Waals surface area contributed by atoms with Crippen LogP contribution < -0.4 is 0 Å². The molecule has 11 aromatic rings. The van der Waals surface area contributed by atoms with E-state index in [9.17, 15) is 0 Å². The summed E-state index contributed by atoms with van der Waals surface area (Å²) in [4.78, 5) is 16.3. The molecule has 0 N–H and O–H groups in total. The molecule has 0 aliphatic heterocycles. The van der Waals surface area contributed by atoms with Gasteiger partial charge in [-0.05, 0) is 63.9 Å². The molecule has 12 rings (SSSR count). The van der Waals surface area contributed by atoms with Crippen molar-refractivity contribution in [2.24, 2.45) is 0 Å². The number of para-hydroxylation sites is 2. The molecule has 0 atom stereocenters. The van der Waals surface area contributed by atoms with E-state index in [0.717, 1.165) is 44.2 Å². The molecule has 0 saturated carbocycles. The molecule has 0 unspecified atom stereocenters. The van der Waals surface area contributed by atoms with Gasteiger partial charge in [0.1, 0.15) is 0 Å². The van der Waals surface area contributed by atoms with Gasteiger partial charge >= 0.3 is 0 Å². The Balaban J connectivity index is 1.23. The molecule has 1 aliphatic rings. The molecule has 0 fully saturated rings. The Kier molecular flexibility index (Phi) is 6.18. The van der Waals surface area contributed by atoms with Crippen LogP contribution in [0.4, 0.5) is 0 Å². The molecule has 4 nitrogen and oxygen atoms in total. The van der Waals surface area contributed by atoms with Crippen molar-refractivity contribution in [3.63, 3.8) is 0 Å². The Bertz CT molecular complexity index is 3320. The van der Waals surface area contributed by atoms with Crippen LogP contribution in [0.15, 0.2) is 170 Å². The largest absolute Gasteiger partial charge is 0.309 e. The molecule has 0 bridgehead atoms. The molecule has 0 radical (unpaired) electrons. The lowest BCUT2D eigenvalue weighted by Crippen LogP contribution is -2.02. The van der Waals surface area contributed by atoms with Crippen molar-refractivity contribution in [3.05, 3.63) is 170 Å². The molecular weight excluding hydrogens is 677 g/mol. The zero-order valence-corrected chi connectivity index (χ0v) is 29.7. The molecule has 3 aromatic heterocycles. The van der Waals surface area contributed by atoms with Crippen molar-refractivity contribution in [3.8, 4) is 62.1 Å². The van der Waals surface area contributed by atoms with E-state index in [4.69, 9.17) is 15.0 Å². The Hall–Kier alpha value is -6.95. The number of aromatic nitrogens is 4. The van der Waals surface area contributed by atoms with Crippen LogP contribution in [0.1, 0.15) is 0 Å². The SMILES string of the molecule is c1ccc(-c2nc(-c3c4c(cc5sc6ccccc6c35)-c3cccc5cccc-4c35)nc(-c3cccc4c3c3ccccc3n4-c3ccccc3)n2)cc1. The monoisotopic (exact) mass is 704 g/mol. The smallest absolute Gasteiger partial charge is 0.165 e. The molecule has 54 heavy (non-hydrogen) atoms. The summed E-state index contributed by atoms with van der Waals surface area (Å²) in [6.07, 6.45) is 0. The van der Waals surface area contributed by atoms with Gasteiger partial charge in [-0.1, -0.05) is 133 Å². The lowest BCUT2D eigenvalue weighted by Gasteiger charge is -2.15. The zero-order chi connectivity index (χ0) is 35.3. The summed E-state index contributed by atoms with van der Waals surface area (Å²) in [5, 5.41) is 7.21. The van der Waals surface area contributed by atoms with Gasteiger partial charge in [0, 0.05) is 58.9 Å². The number of hydrogen-bond donors (Lipinski definition) is 0. The van der Waals surface area contributed by atoms with Crippen LogP contribution in [0.3, 0.4) is 0 Å². The van der Waals surface area contributed by atoms with Gasteiger partial charge in [-0.2, -0.15) is 0 Å². The maximum absolute atomic E-state index is 5.55. The van der Waals surface area contributed by atoms with E-state index < -0.39 is 0 Å². The van der Waals surface area contributed by atoms with E-state index in [2.05, 4.69) is 168 Å². The predicted octanol–water partition coefficient (Wildman–Crippen LogP) is 13.1. The number of benzene rings is 8. The van der Waals surface area contributed by atoms with E-state index in [1.165, 1.54) is 53.2 Å². The minimum absolute atomic E-state index is 0.651. The molecule has 250 valence electrons. The second kappa shape index (κ2) is 11.3. The summed E-state index contributed by atoms with van der Waals surface area (Å²) in [7, 11) is 0. The van der Waals surface area contributed by atoms with Crippen LogP contribution in [0, 0.1) is 0 Å². The summed E-state index contributed by atoms with van der Waals surface area (Å²) in [5.41, 5.74) is 11.2. The summed E-state index contributed by atoms with van der Waals surface area (Å²) in [5.74, 6) is 1.98. The van der Waals surface area contributed by atoms with E-state index >= 15 is 0 Å². The first-order valence-corrected chi connectivity index (χ1v) is 19.0. The third kappa shape index (κ3) is 4.15. The van der Waals surface area contributed by atoms with E-state index in [1.807, 2.05) is 17.4 Å². The van der Waals surface area contributed by atoms with Crippen molar-refractivity contribution >= 4 is 64.1 Å². The fourth-order valence-electron chi connectivity index (χ4n) is 8.76. The minimum atomic E-state index is 0.651. The standard InChI is InChI=1S/C49H28N4S/c1-3-14-30(15-4-1)47-50-48(36-24-13-26-39-43(36)33-20-7-9-25-38(33)53(39)31-18-5-2-6-19-31)52-49(51-47)46-44-35-23-12-17-29-16-11-22-32(42(29)35)37(44)28-41-45(46)34-21-8-10-27-40(34)54-41/h1-28H. The van der Waals surface area contributed by atoms with E-state index in [-0.39, 0.29) is 0 Å². The van der Waals surface area contributed by atoms with Gasteiger partial charge in [-0.15, -0.1) is 11.3 Å². The van der Waals surface area contributed by atoms with E-state index in [1.54, 1.807) is 0 Å². The highest BCUT2D eigenvalue weighted by Crippen LogP contribution is 2.55. The molecular formula is C49H28N4S. The summed E-state index contributed by atoms with van der Waals surface area (Å²) in [6.45, 7) is 0. The zero-order valence-electron chi connectivity index (χ0n) is 28.9. The van der Waals surface area contributed by atoms with Gasteiger partial charge in [0.25, 0.3) is 0 Å². The van der Waals surface area contributed by atoms with Crippen molar-refractivity contribution in [2.45, 2.75) is 0 Å². The average Bonchev–Trinajstić information content (AvgIpc) is 3.89. The van der Waals surface area contributed by atoms with E-state index in [0.29, 0.717) is 17.5 Å². The molecule has 8 aromatic carbocycles. The van der Waals surface area contributed by atoms with Gasteiger partial charge in [-0.25, -0.2) is 15.0 Å². The van der Waals surface area contributed by atoms with Gasteiger partial charge in [0.2, 0.25) is 0 Å². The second-order valence-electron chi connectivity index (χ2n) is 13.9. The lowest BCUT2D eigenvalue weighted by atomic mass is 9.93. The first-order chi connectivity index (χ1) is 26.8. The quantitative estimate of drug-likeness (QED) is 0.183. The second-order valence-corrected chi connectivity index (χ2v) is 15.0. The molecule has 0 saturated heterocycles. The first-order valence-electron chi connectivity index (χ1n) is 18.2. The predicted molar refractivity (Wildman–Crippen MR) is 225 cm³/mol. The van der Waals surface area contributed by atoms with Crippen molar-refractivity contribution in [1.29, 1.82) is 0 Å². The van der Waals surface area contributed by atoms with Crippen LogP contribution in [-0.2, 0) is 0 Å². The van der Waals surface area contributed by atoms with Crippen LogP contribution >= 0.6 is 11.3 Å². The molecule has 0 amide bonds. The maximum Gasteiger partial charge on any atom is 0.165 e. The third-order valence-corrected chi connectivity index (χ3v) is 12.1. The molecule has 5 heteroatoms. The van der Waals surface area contributed by atoms with Crippen molar-refractivity contribution in [2.75, 3.05) is 0 Å². The summed E-state index contributed by atoms with van der Waals surface area (Å²) < 4.78 is 4.82. The lowest BCUT2D eigenvalue weighted by molar-refractivity contribution is 1.08. The molecule has 0 spiro atoms. The minimum Gasteiger partial charge on any atom is -0.309 e. The van der Waals surface area contributed by atoms with Crippen LogP contribution in [-0.4, -0.2) is 19.5 Å². The average molecular weight is 705 g/mol. The van der Waals surface area contributed by atoms with Crippen LogP contribution in [0.5, 0.6) is 0 Å². The number of fused-ring (bicyclic) bond motifs is 9. The fraction of sp³-hybridized carbons (Fsp3) is 0. The summed E-state index contributed by atoms with van der Waals surface area (Å²) >= 11 is 1.84.